The summed E-state index contributed by atoms with van der Waals surface area (Å²) in [6, 6.07) is 5.94. The van der Waals surface area contributed by atoms with E-state index in [4.69, 9.17) is 5.73 Å². The molecule has 4 aromatic rings. The number of aryl methyl sites for hydroxylation is 1. The standard InChI is InChI=1S/C23H20FN5O3/c1-9-15(7-11(8-16(9)24)22(31)26-12-3-4-12)13-5-6-14-17(18(13)21(25)30)20-19(27-23(14)32)10(2)28-29-20/h5-8,12H,3-4H2,1-2H3,(H2,25,30)(H,26,31)(H,27,32)(H,28,29). The molecular formula is C23H20FN5O3. The zero-order chi connectivity index (χ0) is 22.7. The number of primary amides is 1. The Morgan fingerprint density at radius 2 is 1.94 bits per heavy atom. The number of rotatable bonds is 4. The van der Waals surface area contributed by atoms with Gasteiger partial charge in [0.15, 0.2) is 0 Å². The van der Waals surface area contributed by atoms with Crippen LogP contribution < -0.4 is 16.6 Å². The van der Waals surface area contributed by atoms with Crippen molar-refractivity contribution in [3.8, 4) is 11.1 Å². The van der Waals surface area contributed by atoms with E-state index in [9.17, 15) is 18.8 Å². The number of carbonyl (C=O) groups is 2. The molecule has 0 saturated heterocycles. The molecule has 0 bridgehead atoms. The van der Waals surface area contributed by atoms with E-state index in [1.807, 2.05) is 0 Å². The molecule has 8 nitrogen and oxygen atoms in total. The number of aromatic amines is 2. The Kier molecular flexibility index (Phi) is 4.37. The number of nitrogens with one attached hydrogen (secondary N) is 3. The Balaban J connectivity index is 1.83. The summed E-state index contributed by atoms with van der Waals surface area (Å²) in [5.74, 6) is -1.74. The Labute approximate surface area is 181 Å². The lowest BCUT2D eigenvalue weighted by molar-refractivity contribution is 0.0949. The lowest BCUT2D eigenvalue weighted by Gasteiger charge is -2.15. The third-order valence-electron chi connectivity index (χ3n) is 5.93. The average Bonchev–Trinajstić information content (AvgIpc) is 3.50. The number of halogens is 1. The highest BCUT2D eigenvalue weighted by molar-refractivity contribution is 6.19. The quantitative estimate of drug-likeness (QED) is 0.394. The third kappa shape index (κ3) is 3.05. The van der Waals surface area contributed by atoms with E-state index in [-0.39, 0.29) is 39.4 Å². The fraction of sp³-hybridized carbons (Fsp3) is 0.217. The summed E-state index contributed by atoms with van der Waals surface area (Å²) in [5.41, 5.74) is 7.97. The van der Waals surface area contributed by atoms with Gasteiger partial charge >= 0.3 is 0 Å². The first-order chi connectivity index (χ1) is 15.3. The van der Waals surface area contributed by atoms with Gasteiger partial charge < -0.3 is 16.0 Å². The summed E-state index contributed by atoms with van der Waals surface area (Å²) in [5, 5.41) is 10.4. The van der Waals surface area contributed by atoms with Crippen LogP contribution in [0.15, 0.2) is 29.1 Å². The highest BCUT2D eigenvalue weighted by Gasteiger charge is 2.26. The maximum Gasteiger partial charge on any atom is 0.256 e. The van der Waals surface area contributed by atoms with Crippen LogP contribution in [0.1, 0.15) is 44.8 Å². The minimum absolute atomic E-state index is 0.0485. The monoisotopic (exact) mass is 433 g/mol. The number of benzene rings is 2. The number of nitrogens with two attached hydrogens (primary N) is 1. The SMILES string of the molecule is Cc1c(F)cc(C(=O)NC2CC2)cc1-c1ccc2c(=O)[nH]c3c(C)[nH]nc3c2c1C(N)=O. The van der Waals surface area contributed by atoms with Crippen LogP contribution in [0.4, 0.5) is 4.39 Å². The van der Waals surface area contributed by atoms with E-state index < -0.39 is 17.3 Å². The van der Waals surface area contributed by atoms with Crippen molar-refractivity contribution in [2.75, 3.05) is 0 Å². The van der Waals surface area contributed by atoms with Crippen molar-refractivity contribution in [3.05, 3.63) is 62.8 Å². The molecule has 9 heteroatoms. The van der Waals surface area contributed by atoms with Crippen LogP contribution in [0.3, 0.4) is 0 Å². The number of hydrogen-bond donors (Lipinski definition) is 4. The zero-order valence-corrected chi connectivity index (χ0v) is 17.4. The van der Waals surface area contributed by atoms with Crippen molar-refractivity contribution in [3.63, 3.8) is 0 Å². The number of hydrogen-bond acceptors (Lipinski definition) is 4. The first-order valence-electron chi connectivity index (χ1n) is 10.2. The van der Waals surface area contributed by atoms with Crippen molar-refractivity contribution in [2.45, 2.75) is 32.7 Å². The van der Waals surface area contributed by atoms with Crippen LogP contribution in [-0.4, -0.2) is 33.0 Å². The molecule has 32 heavy (non-hydrogen) atoms. The normalized spacial score (nSPS) is 13.6. The molecule has 0 radical (unpaired) electrons. The fourth-order valence-electron chi connectivity index (χ4n) is 4.05. The van der Waals surface area contributed by atoms with Gasteiger partial charge in [-0.3, -0.25) is 19.5 Å². The van der Waals surface area contributed by atoms with Gasteiger partial charge in [-0.2, -0.15) is 5.10 Å². The first kappa shape index (κ1) is 19.9. The van der Waals surface area contributed by atoms with E-state index in [2.05, 4.69) is 20.5 Å². The molecule has 5 rings (SSSR count). The summed E-state index contributed by atoms with van der Waals surface area (Å²) in [4.78, 5) is 40.6. The Bertz CT molecular complexity index is 1510. The van der Waals surface area contributed by atoms with Gasteiger partial charge in [0.2, 0.25) is 5.91 Å². The van der Waals surface area contributed by atoms with Gasteiger partial charge in [0.25, 0.3) is 11.5 Å². The molecule has 1 saturated carbocycles. The summed E-state index contributed by atoms with van der Waals surface area (Å²) in [6.07, 6.45) is 1.80. The van der Waals surface area contributed by atoms with Crippen molar-refractivity contribution in [1.82, 2.24) is 20.5 Å². The lowest BCUT2D eigenvalue weighted by Crippen LogP contribution is -2.25. The molecule has 0 unspecified atom stereocenters. The number of nitrogens with zero attached hydrogens (tertiary/aromatic N) is 1. The first-order valence-corrected chi connectivity index (χ1v) is 10.2. The van der Waals surface area contributed by atoms with E-state index in [1.165, 1.54) is 6.07 Å². The van der Waals surface area contributed by atoms with Gasteiger partial charge in [0.05, 0.1) is 22.2 Å². The lowest BCUT2D eigenvalue weighted by atomic mass is 9.90. The smallest absolute Gasteiger partial charge is 0.256 e. The zero-order valence-electron chi connectivity index (χ0n) is 17.4. The van der Waals surface area contributed by atoms with E-state index in [0.29, 0.717) is 27.9 Å². The molecule has 1 aliphatic carbocycles. The summed E-state index contributed by atoms with van der Waals surface area (Å²) >= 11 is 0. The van der Waals surface area contributed by atoms with Crippen LogP contribution in [0.5, 0.6) is 0 Å². The summed E-state index contributed by atoms with van der Waals surface area (Å²) < 4.78 is 14.8. The van der Waals surface area contributed by atoms with E-state index in [0.717, 1.165) is 12.8 Å². The van der Waals surface area contributed by atoms with Gasteiger partial charge in [-0.25, -0.2) is 4.39 Å². The van der Waals surface area contributed by atoms with Gasteiger partial charge in [0.1, 0.15) is 11.3 Å². The molecule has 2 aromatic carbocycles. The number of fused-ring (bicyclic) bond motifs is 3. The second kappa shape index (κ2) is 7.01. The van der Waals surface area contributed by atoms with Crippen LogP contribution in [0.25, 0.3) is 32.9 Å². The van der Waals surface area contributed by atoms with Crippen molar-refractivity contribution in [2.24, 2.45) is 5.73 Å². The molecule has 2 amide bonds. The minimum atomic E-state index is -0.786. The van der Waals surface area contributed by atoms with Gasteiger partial charge in [-0.15, -0.1) is 0 Å². The summed E-state index contributed by atoms with van der Waals surface area (Å²) in [7, 11) is 0. The molecular weight excluding hydrogens is 413 g/mol. The molecule has 2 heterocycles. The summed E-state index contributed by atoms with van der Waals surface area (Å²) in [6.45, 7) is 3.31. The topological polar surface area (TPSA) is 134 Å². The molecule has 1 fully saturated rings. The Hall–Kier alpha value is -4.01. The van der Waals surface area contributed by atoms with Crippen LogP contribution in [0, 0.1) is 19.7 Å². The molecule has 5 N–H and O–H groups in total. The van der Waals surface area contributed by atoms with Crippen molar-refractivity contribution >= 4 is 33.6 Å². The highest BCUT2D eigenvalue weighted by Crippen LogP contribution is 2.35. The number of carbonyl (C=O) groups excluding carboxylic acids is 2. The molecule has 0 atom stereocenters. The second-order valence-electron chi connectivity index (χ2n) is 8.18. The minimum Gasteiger partial charge on any atom is -0.366 e. The van der Waals surface area contributed by atoms with Crippen molar-refractivity contribution < 1.29 is 14.0 Å². The van der Waals surface area contributed by atoms with Gasteiger partial charge in [0, 0.05) is 17.0 Å². The molecule has 162 valence electrons. The van der Waals surface area contributed by atoms with Crippen LogP contribution >= 0.6 is 0 Å². The van der Waals surface area contributed by atoms with E-state index >= 15 is 0 Å². The number of amides is 2. The Morgan fingerprint density at radius 3 is 2.62 bits per heavy atom. The highest BCUT2D eigenvalue weighted by atomic mass is 19.1. The maximum absolute atomic E-state index is 14.8. The van der Waals surface area contributed by atoms with Gasteiger partial charge in [-0.1, -0.05) is 6.07 Å². The third-order valence-corrected chi connectivity index (χ3v) is 5.93. The van der Waals surface area contributed by atoms with Crippen molar-refractivity contribution in [1.29, 1.82) is 0 Å². The Morgan fingerprint density at radius 1 is 1.19 bits per heavy atom. The fourth-order valence-corrected chi connectivity index (χ4v) is 4.05. The van der Waals surface area contributed by atoms with E-state index in [1.54, 1.807) is 32.0 Å². The number of aromatic nitrogens is 3. The predicted molar refractivity (Wildman–Crippen MR) is 118 cm³/mol. The predicted octanol–water partition coefficient (Wildman–Crippen LogP) is 2.82. The molecule has 0 aliphatic heterocycles. The number of H-pyrrole nitrogens is 2. The maximum atomic E-state index is 14.8. The molecule has 1 aliphatic rings. The van der Waals surface area contributed by atoms with Gasteiger partial charge in [-0.05, 0) is 61.6 Å². The average molecular weight is 433 g/mol. The second-order valence-corrected chi connectivity index (χ2v) is 8.18. The molecule has 0 spiro atoms. The van der Waals surface area contributed by atoms with Crippen LogP contribution in [-0.2, 0) is 0 Å². The largest absolute Gasteiger partial charge is 0.366 e. The molecule has 2 aromatic heterocycles. The van der Waals surface area contributed by atoms with Crippen LogP contribution in [0.2, 0.25) is 0 Å². The number of pyridine rings is 1.